The quantitative estimate of drug-likeness (QED) is 0.820. The zero-order valence-electron chi connectivity index (χ0n) is 14.4. The van der Waals surface area contributed by atoms with Crippen LogP contribution in [-0.4, -0.2) is 49.7 Å². The van der Waals surface area contributed by atoms with Crippen LogP contribution in [0.1, 0.15) is 37.7 Å². The van der Waals surface area contributed by atoms with Gasteiger partial charge in [0, 0.05) is 32.1 Å². The second kappa shape index (κ2) is 7.83. The minimum absolute atomic E-state index is 0.127. The second-order valence-corrected chi connectivity index (χ2v) is 8.91. The highest BCUT2D eigenvalue weighted by Crippen LogP contribution is 2.27. The molecule has 5 nitrogen and oxygen atoms in total. The molecule has 0 N–H and O–H groups in total. The van der Waals surface area contributed by atoms with Crippen molar-refractivity contribution < 1.29 is 17.6 Å². The summed E-state index contributed by atoms with van der Waals surface area (Å²) >= 11 is 0. The van der Waals surface area contributed by atoms with E-state index in [1.807, 2.05) is 4.90 Å². The van der Waals surface area contributed by atoms with Crippen LogP contribution in [0.15, 0.2) is 24.3 Å². The largest absolute Gasteiger partial charge is 0.341 e. The molecule has 2 fully saturated rings. The Hall–Kier alpha value is -1.47. The molecule has 1 aromatic rings. The summed E-state index contributed by atoms with van der Waals surface area (Å²) in [4.78, 5) is 14.4. The first-order valence-corrected chi connectivity index (χ1v) is 10.6. The minimum atomic E-state index is -3.47. The Morgan fingerprint density at radius 2 is 1.68 bits per heavy atom. The van der Waals surface area contributed by atoms with E-state index in [0.717, 1.165) is 25.7 Å². The smallest absolute Gasteiger partial charge is 0.225 e. The summed E-state index contributed by atoms with van der Waals surface area (Å²) < 4.78 is 39.8. The van der Waals surface area contributed by atoms with Crippen LogP contribution >= 0.6 is 0 Å². The van der Waals surface area contributed by atoms with Gasteiger partial charge in [0.1, 0.15) is 5.82 Å². The summed E-state index contributed by atoms with van der Waals surface area (Å²) in [6.45, 7) is 1.84. The molecule has 0 spiro atoms. The van der Waals surface area contributed by atoms with Gasteiger partial charge in [-0.2, -0.15) is 4.31 Å². The zero-order valence-corrected chi connectivity index (χ0v) is 15.2. The standard InChI is InChI=1S/C18H25FN2O3S/c19-17-8-6-15(7-9-17)14-25(23,24)21-11-3-10-20(12-13-21)18(22)16-4-1-2-5-16/h6-9,16H,1-5,10-14H2. The number of hydrogen-bond donors (Lipinski definition) is 0. The third kappa shape index (κ3) is 4.58. The Bertz CT molecular complexity index is 700. The fraction of sp³-hybridized carbons (Fsp3) is 0.611. The van der Waals surface area contributed by atoms with Crippen LogP contribution in [0.3, 0.4) is 0 Å². The van der Waals surface area contributed by atoms with E-state index < -0.39 is 10.0 Å². The number of rotatable bonds is 4. The summed E-state index contributed by atoms with van der Waals surface area (Å²) in [6.07, 6.45) is 4.80. The lowest BCUT2D eigenvalue weighted by atomic mass is 10.1. The van der Waals surface area contributed by atoms with E-state index in [9.17, 15) is 17.6 Å². The van der Waals surface area contributed by atoms with Gasteiger partial charge in [-0.05, 0) is 37.0 Å². The van der Waals surface area contributed by atoms with E-state index in [0.29, 0.717) is 38.2 Å². The maximum absolute atomic E-state index is 13.0. The van der Waals surface area contributed by atoms with Crippen molar-refractivity contribution in [3.63, 3.8) is 0 Å². The highest BCUT2D eigenvalue weighted by molar-refractivity contribution is 7.88. The van der Waals surface area contributed by atoms with Crippen molar-refractivity contribution in [2.45, 2.75) is 37.9 Å². The molecule has 0 aromatic heterocycles. The van der Waals surface area contributed by atoms with Gasteiger partial charge in [0.25, 0.3) is 0 Å². The van der Waals surface area contributed by atoms with E-state index in [-0.39, 0.29) is 23.4 Å². The maximum atomic E-state index is 13.0. The Morgan fingerprint density at radius 3 is 2.36 bits per heavy atom. The zero-order chi connectivity index (χ0) is 17.9. The molecule has 25 heavy (non-hydrogen) atoms. The molecule has 1 aliphatic heterocycles. The fourth-order valence-corrected chi connectivity index (χ4v) is 5.27. The highest BCUT2D eigenvalue weighted by atomic mass is 32.2. The summed E-state index contributed by atoms with van der Waals surface area (Å²) in [6, 6.07) is 5.55. The number of sulfonamides is 1. The van der Waals surface area contributed by atoms with Gasteiger partial charge in [0.15, 0.2) is 0 Å². The molecule has 7 heteroatoms. The average molecular weight is 368 g/mol. The molecule has 1 amide bonds. The number of carbonyl (C=O) groups excluding carboxylic acids is 1. The van der Waals surface area contributed by atoms with Crippen LogP contribution in [0.5, 0.6) is 0 Å². The van der Waals surface area contributed by atoms with E-state index >= 15 is 0 Å². The Morgan fingerprint density at radius 1 is 1.00 bits per heavy atom. The molecule has 138 valence electrons. The molecule has 1 saturated carbocycles. The van der Waals surface area contributed by atoms with Crippen LogP contribution in [-0.2, 0) is 20.6 Å². The van der Waals surface area contributed by atoms with E-state index in [2.05, 4.69) is 0 Å². The van der Waals surface area contributed by atoms with Gasteiger partial charge in [-0.25, -0.2) is 12.8 Å². The van der Waals surface area contributed by atoms with Crippen LogP contribution in [0.2, 0.25) is 0 Å². The van der Waals surface area contributed by atoms with Crippen molar-refractivity contribution in [2.24, 2.45) is 5.92 Å². The highest BCUT2D eigenvalue weighted by Gasteiger charge is 2.31. The van der Waals surface area contributed by atoms with Gasteiger partial charge in [0.2, 0.25) is 15.9 Å². The molecule has 1 aliphatic carbocycles. The fourth-order valence-electron chi connectivity index (χ4n) is 3.71. The molecule has 1 saturated heterocycles. The van der Waals surface area contributed by atoms with Crippen molar-refractivity contribution in [3.8, 4) is 0 Å². The first kappa shape index (κ1) is 18.3. The van der Waals surface area contributed by atoms with Gasteiger partial charge in [-0.3, -0.25) is 4.79 Å². The van der Waals surface area contributed by atoms with Gasteiger partial charge in [-0.1, -0.05) is 25.0 Å². The summed E-state index contributed by atoms with van der Waals surface area (Å²) in [5.41, 5.74) is 0.574. The molecule has 3 rings (SSSR count). The molecule has 0 atom stereocenters. The lowest BCUT2D eigenvalue weighted by Gasteiger charge is -2.24. The number of nitrogens with zero attached hydrogens (tertiary/aromatic N) is 2. The number of hydrogen-bond acceptors (Lipinski definition) is 3. The van der Waals surface area contributed by atoms with Gasteiger partial charge in [0.05, 0.1) is 5.75 Å². The van der Waals surface area contributed by atoms with Crippen molar-refractivity contribution >= 4 is 15.9 Å². The van der Waals surface area contributed by atoms with Crippen LogP contribution in [0.25, 0.3) is 0 Å². The summed E-state index contributed by atoms with van der Waals surface area (Å²) in [7, 11) is -3.47. The van der Waals surface area contributed by atoms with Crippen molar-refractivity contribution in [1.29, 1.82) is 0 Å². The molecule has 0 unspecified atom stereocenters. The van der Waals surface area contributed by atoms with E-state index in [1.165, 1.54) is 28.6 Å². The third-order valence-electron chi connectivity index (χ3n) is 5.13. The normalized spacial score (nSPS) is 20.6. The summed E-state index contributed by atoms with van der Waals surface area (Å²) in [5.74, 6) is -0.196. The van der Waals surface area contributed by atoms with E-state index in [1.54, 1.807) is 0 Å². The van der Waals surface area contributed by atoms with Crippen LogP contribution in [0.4, 0.5) is 4.39 Å². The van der Waals surface area contributed by atoms with Crippen molar-refractivity contribution in [1.82, 2.24) is 9.21 Å². The molecule has 0 bridgehead atoms. The number of benzene rings is 1. The number of halogens is 1. The van der Waals surface area contributed by atoms with Gasteiger partial charge in [-0.15, -0.1) is 0 Å². The Labute approximate surface area is 148 Å². The van der Waals surface area contributed by atoms with Crippen LogP contribution in [0, 0.1) is 11.7 Å². The summed E-state index contributed by atoms with van der Waals surface area (Å²) in [5, 5.41) is 0. The molecule has 1 aromatic carbocycles. The molecule has 0 radical (unpaired) electrons. The topological polar surface area (TPSA) is 57.7 Å². The predicted molar refractivity (Wildman–Crippen MR) is 93.8 cm³/mol. The predicted octanol–water partition coefficient (Wildman–Crippen LogP) is 2.38. The maximum Gasteiger partial charge on any atom is 0.225 e. The van der Waals surface area contributed by atoms with Gasteiger partial charge < -0.3 is 4.90 Å². The SMILES string of the molecule is O=C(C1CCCC1)N1CCCN(S(=O)(=O)Cc2ccc(F)cc2)CC1. The monoisotopic (exact) mass is 368 g/mol. The Kier molecular flexibility index (Phi) is 5.74. The Balaban J connectivity index is 1.61. The second-order valence-electron chi connectivity index (χ2n) is 6.94. The first-order chi connectivity index (χ1) is 12.0. The van der Waals surface area contributed by atoms with Gasteiger partial charge >= 0.3 is 0 Å². The third-order valence-corrected chi connectivity index (χ3v) is 6.98. The minimum Gasteiger partial charge on any atom is -0.341 e. The molecule has 1 heterocycles. The van der Waals surface area contributed by atoms with Crippen LogP contribution < -0.4 is 0 Å². The lowest BCUT2D eigenvalue weighted by molar-refractivity contribution is -0.135. The van der Waals surface area contributed by atoms with Crippen molar-refractivity contribution in [2.75, 3.05) is 26.2 Å². The molecule has 2 aliphatic rings. The number of carbonyl (C=O) groups is 1. The van der Waals surface area contributed by atoms with E-state index in [4.69, 9.17) is 0 Å². The lowest BCUT2D eigenvalue weighted by Crippen LogP contribution is -2.39. The first-order valence-electron chi connectivity index (χ1n) is 8.97. The molecular formula is C18H25FN2O3S. The number of amides is 1. The molecular weight excluding hydrogens is 343 g/mol. The van der Waals surface area contributed by atoms with Crippen molar-refractivity contribution in [3.05, 3.63) is 35.6 Å². The average Bonchev–Trinajstić information content (AvgIpc) is 3.00.